The van der Waals surface area contributed by atoms with Gasteiger partial charge in [-0.05, 0) is 12.1 Å². The van der Waals surface area contributed by atoms with E-state index in [9.17, 15) is 19.5 Å². The lowest BCUT2D eigenvalue weighted by molar-refractivity contribution is -0.254. The van der Waals surface area contributed by atoms with E-state index < -0.39 is 23.6 Å². The predicted molar refractivity (Wildman–Crippen MR) is 67.8 cm³/mol. The lowest BCUT2D eigenvalue weighted by Gasteiger charge is -2.47. The molecule has 2 N–H and O–H groups in total. The molecular weight excluding hydrogens is 280 g/mol. The van der Waals surface area contributed by atoms with Gasteiger partial charge >= 0.3 is 0 Å². The van der Waals surface area contributed by atoms with Gasteiger partial charge in [0.2, 0.25) is 0 Å². The van der Waals surface area contributed by atoms with Gasteiger partial charge in [-0.3, -0.25) is 4.79 Å². The molecule has 2 rings (SSSR count). The highest BCUT2D eigenvalue weighted by Crippen LogP contribution is 2.39. The fourth-order valence-electron chi connectivity index (χ4n) is 2.34. The first-order chi connectivity index (χ1) is 9.99. The van der Waals surface area contributed by atoms with E-state index >= 15 is 0 Å². The number of rotatable bonds is 5. The molecule has 1 aromatic rings. The summed E-state index contributed by atoms with van der Waals surface area (Å²) in [4.78, 5) is 34.0. The van der Waals surface area contributed by atoms with Gasteiger partial charge in [-0.1, -0.05) is 0 Å². The zero-order valence-corrected chi connectivity index (χ0v) is 11.3. The maximum absolute atomic E-state index is 12.0. The number of hydrogen-bond donors (Lipinski definition) is 2. The summed E-state index contributed by atoms with van der Waals surface area (Å²) in [6, 6.07) is 3.43. The van der Waals surface area contributed by atoms with Gasteiger partial charge < -0.3 is 34.8 Å². The molecule has 2 atom stereocenters. The van der Waals surface area contributed by atoms with Crippen molar-refractivity contribution in [3.63, 3.8) is 0 Å². The molecule has 0 aromatic heterocycles. The number of aldehydes is 1. The van der Waals surface area contributed by atoms with Gasteiger partial charge in [0.1, 0.15) is 29.9 Å². The first kappa shape index (κ1) is 14.6. The second-order valence-corrected chi connectivity index (χ2v) is 4.37. The number of β-lactam (4-membered cyclic amide) rings is 1. The predicted octanol–water partition coefficient (Wildman–Crippen LogP) is -1.47. The first-order valence-corrected chi connectivity index (χ1v) is 5.97. The van der Waals surface area contributed by atoms with E-state index in [-0.39, 0.29) is 11.3 Å². The first-order valence-electron chi connectivity index (χ1n) is 5.97. The molecule has 0 saturated carbocycles. The summed E-state index contributed by atoms with van der Waals surface area (Å²) in [7, 11) is 2.81. The Hall–Kier alpha value is -2.77. The quantitative estimate of drug-likeness (QED) is 0.505. The van der Waals surface area contributed by atoms with E-state index in [2.05, 4.69) is 5.32 Å². The summed E-state index contributed by atoms with van der Waals surface area (Å²) in [6.45, 7) is 0. The minimum atomic E-state index is -1.77. The Labute approximate surface area is 120 Å². The van der Waals surface area contributed by atoms with Crippen molar-refractivity contribution in [2.45, 2.75) is 11.6 Å². The van der Waals surface area contributed by atoms with Crippen LogP contribution in [0.25, 0.3) is 0 Å². The number of ether oxygens (including phenoxy) is 2. The van der Waals surface area contributed by atoms with Crippen molar-refractivity contribution in [2.24, 2.45) is 0 Å². The number of amides is 2. The van der Waals surface area contributed by atoms with Crippen LogP contribution in [0.2, 0.25) is 0 Å². The van der Waals surface area contributed by atoms with Crippen molar-refractivity contribution in [3.8, 4) is 11.5 Å². The van der Waals surface area contributed by atoms with Crippen LogP contribution in [-0.2, 0) is 15.1 Å². The maximum atomic E-state index is 12.0. The molecule has 1 aliphatic rings. The van der Waals surface area contributed by atoms with Crippen LogP contribution in [0.5, 0.6) is 11.5 Å². The largest absolute Gasteiger partial charge is 0.530 e. The van der Waals surface area contributed by atoms with Gasteiger partial charge in [-0.15, -0.1) is 0 Å². The number of carbonyl (C=O) groups is 3. The molecule has 1 heterocycles. The Kier molecular flexibility index (Phi) is 3.70. The minimum Gasteiger partial charge on any atom is -0.530 e. The summed E-state index contributed by atoms with van der Waals surface area (Å²) in [5, 5.41) is 15.3. The van der Waals surface area contributed by atoms with Crippen molar-refractivity contribution in [1.29, 1.82) is 0 Å². The fourth-order valence-corrected chi connectivity index (χ4v) is 2.34. The van der Waals surface area contributed by atoms with E-state index in [0.717, 1.165) is 0 Å². The number of methoxy groups -OCH3 is 2. The molecule has 0 aliphatic carbocycles. The van der Waals surface area contributed by atoms with Crippen molar-refractivity contribution >= 4 is 18.3 Å². The Morgan fingerprint density at radius 1 is 1.43 bits per heavy atom. The van der Waals surface area contributed by atoms with E-state index in [1.54, 1.807) is 0 Å². The lowest BCUT2D eigenvalue weighted by Crippen LogP contribution is -2.78. The number of carbonyl (C=O) groups excluding carboxylic acids is 3. The number of carboxylic acid groups (broad SMARTS) is 1. The number of hydrogen-bond acceptors (Lipinski definition) is 6. The Balaban J connectivity index is 2.59. The molecule has 1 aromatic carbocycles. The molecule has 0 radical (unpaired) electrons. The molecule has 1 fully saturated rings. The molecule has 2 amide bonds. The molecule has 2 unspecified atom stereocenters. The third-order valence-corrected chi connectivity index (χ3v) is 3.38. The zero-order valence-electron chi connectivity index (χ0n) is 11.3. The average molecular weight is 293 g/mol. The highest BCUT2D eigenvalue weighted by atomic mass is 16.5. The van der Waals surface area contributed by atoms with Gasteiger partial charge in [-0.2, -0.15) is 0 Å². The highest BCUT2D eigenvalue weighted by molar-refractivity contribution is 6.03. The van der Waals surface area contributed by atoms with Crippen LogP contribution in [0.4, 0.5) is 4.79 Å². The minimum absolute atomic E-state index is 0.204. The Morgan fingerprint density at radius 2 is 2.14 bits per heavy atom. The standard InChI is InChI=1S/C13H14N2O6/c1-20-7-3-4-8(9(5-7)21-2)13(15-12(18)19)10(6-16)14-11(13)17/h3-6,10,15H,1-2H3,(H,14,17)(H,18,19)/p-1. The van der Waals surface area contributed by atoms with Gasteiger partial charge in [-0.25, -0.2) is 0 Å². The molecule has 8 heteroatoms. The van der Waals surface area contributed by atoms with Crippen LogP contribution >= 0.6 is 0 Å². The van der Waals surface area contributed by atoms with Crippen molar-refractivity contribution in [1.82, 2.24) is 10.6 Å². The van der Waals surface area contributed by atoms with Crippen LogP contribution in [0.3, 0.4) is 0 Å². The normalized spacial score (nSPS) is 23.5. The number of nitrogens with one attached hydrogen (secondary N) is 2. The molecule has 1 saturated heterocycles. The Bertz CT molecular complexity index is 602. The third kappa shape index (κ3) is 2.14. The monoisotopic (exact) mass is 293 g/mol. The van der Waals surface area contributed by atoms with Gasteiger partial charge in [0.15, 0.2) is 5.54 Å². The lowest BCUT2D eigenvalue weighted by atomic mass is 9.75. The molecule has 112 valence electrons. The number of benzene rings is 1. The third-order valence-electron chi connectivity index (χ3n) is 3.38. The smallest absolute Gasteiger partial charge is 0.253 e. The van der Waals surface area contributed by atoms with E-state index in [1.807, 2.05) is 5.32 Å². The van der Waals surface area contributed by atoms with Crippen LogP contribution in [-0.4, -0.2) is 38.5 Å². The van der Waals surface area contributed by atoms with Gasteiger partial charge in [0.25, 0.3) is 5.91 Å². The average Bonchev–Trinajstić information content (AvgIpc) is 2.49. The molecule has 8 nitrogen and oxygen atoms in total. The van der Waals surface area contributed by atoms with E-state index in [4.69, 9.17) is 9.47 Å². The summed E-state index contributed by atoms with van der Waals surface area (Å²) in [6.07, 6.45) is -1.23. The summed E-state index contributed by atoms with van der Waals surface area (Å²) < 4.78 is 10.2. The molecule has 0 spiro atoms. The highest BCUT2D eigenvalue weighted by Gasteiger charge is 2.58. The second-order valence-electron chi connectivity index (χ2n) is 4.37. The van der Waals surface area contributed by atoms with Gasteiger partial charge in [0, 0.05) is 11.6 Å². The summed E-state index contributed by atoms with van der Waals surface area (Å²) in [5.74, 6) is 0.0126. The SMILES string of the molecule is COc1ccc(C2(NC(=O)[O-])C(=O)NC2C=O)c(OC)c1. The Morgan fingerprint density at radius 3 is 2.62 bits per heavy atom. The molecule has 21 heavy (non-hydrogen) atoms. The topological polar surface area (TPSA) is 117 Å². The van der Waals surface area contributed by atoms with Crippen LogP contribution in [0.1, 0.15) is 5.56 Å². The maximum Gasteiger partial charge on any atom is 0.253 e. The summed E-state index contributed by atoms with van der Waals surface area (Å²) in [5.41, 5.74) is -1.56. The van der Waals surface area contributed by atoms with Crippen molar-refractivity contribution < 1.29 is 29.0 Å². The van der Waals surface area contributed by atoms with E-state index in [0.29, 0.717) is 12.0 Å². The molecule has 0 bridgehead atoms. The fraction of sp³-hybridized carbons (Fsp3) is 0.308. The van der Waals surface area contributed by atoms with Crippen molar-refractivity contribution in [2.75, 3.05) is 14.2 Å². The van der Waals surface area contributed by atoms with Crippen LogP contribution < -0.4 is 25.2 Å². The van der Waals surface area contributed by atoms with Crippen LogP contribution in [0.15, 0.2) is 18.2 Å². The zero-order chi connectivity index (χ0) is 15.6. The second kappa shape index (κ2) is 5.31. The van der Waals surface area contributed by atoms with Crippen LogP contribution in [0, 0.1) is 0 Å². The molecule has 1 aliphatic heterocycles. The van der Waals surface area contributed by atoms with E-state index in [1.165, 1.54) is 32.4 Å². The molecular formula is C13H13N2O6-. The van der Waals surface area contributed by atoms with Gasteiger partial charge in [0.05, 0.1) is 14.2 Å². The summed E-state index contributed by atoms with van der Waals surface area (Å²) >= 11 is 0. The van der Waals surface area contributed by atoms with Crippen molar-refractivity contribution in [3.05, 3.63) is 23.8 Å².